The number of rotatable bonds is 4. The Hall–Kier alpha value is -2.70. The number of nitrogens with zero attached hydrogens (tertiary/aromatic N) is 6. The fraction of sp³-hybridized carbons (Fsp3) is 0.444. The highest BCUT2D eigenvalue weighted by atomic mass is 15.3. The highest BCUT2D eigenvalue weighted by Gasteiger charge is 2.14. The first-order valence-electron chi connectivity index (χ1n) is 8.88. The van der Waals surface area contributed by atoms with Gasteiger partial charge in [-0.15, -0.1) is 0 Å². The number of piperidine rings is 1. The first-order valence-corrected chi connectivity index (χ1v) is 8.88. The number of fused-ring (bicyclic) bond motifs is 1. The highest BCUT2D eigenvalue weighted by molar-refractivity contribution is 5.78. The van der Waals surface area contributed by atoms with Crippen LogP contribution in [0.4, 0.5) is 17.6 Å². The largest absolute Gasteiger partial charge is 0.341 e. The summed E-state index contributed by atoms with van der Waals surface area (Å²) in [5.41, 5.74) is 1.97. The number of imidazole rings is 1. The van der Waals surface area contributed by atoms with Gasteiger partial charge in [0.15, 0.2) is 0 Å². The summed E-state index contributed by atoms with van der Waals surface area (Å²) in [5.74, 6) is 2.31. The molecule has 130 valence electrons. The summed E-state index contributed by atoms with van der Waals surface area (Å²) in [4.78, 5) is 20.2. The lowest BCUT2D eigenvalue weighted by atomic mass is 10.1. The van der Waals surface area contributed by atoms with Gasteiger partial charge in [-0.3, -0.25) is 0 Å². The Morgan fingerprint density at radius 3 is 2.68 bits per heavy atom. The maximum absolute atomic E-state index is 4.66. The molecule has 0 amide bonds. The van der Waals surface area contributed by atoms with E-state index < -0.39 is 0 Å². The van der Waals surface area contributed by atoms with Gasteiger partial charge in [0.2, 0.25) is 5.95 Å². The molecule has 25 heavy (non-hydrogen) atoms. The lowest BCUT2D eigenvalue weighted by molar-refractivity contribution is 0.568. The second-order valence-electron chi connectivity index (χ2n) is 6.72. The first-order chi connectivity index (χ1) is 12.2. The number of aromatic nitrogens is 5. The first kappa shape index (κ1) is 15.8. The van der Waals surface area contributed by atoms with E-state index in [4.69, 9.17) is 0 Å². The van der Waals surface area contributed by atoms with Gasteiger partial charge in [0.05, 0.1) is 18.0 Å². The van der Waals surface area contributed by atoms with E-state index in [1.165, 1.54) is 19.3 Å². The van der Waals surface area contributed by atoms with E-state index in [0.29, 0.717) is 6.04 Å². The number of nitrogens with one attached hydrogen (secondary N) is 1. The molecule has 4 heterocycles. The summed E-state index contributed by atoms with van der Waals surface area (Å²) in [6.07, 6.45) is 9.16. The molecule has 0 aromatic carbocycles. The molecule has 1 N–H and O–H groups in total. The van der Waals surface area contributed by atoms with Gasteiger partial charge in [0.25, 0.3) is 0 Å². The van der Waals surface area contributed by atoms with Crippen LogP contribution in [0.25, 0.3) is 11.0 Å². The van der Waals surface area contributed by atoms with E-state index in [1.807, 2.05) is 18.5 Å². The number of hydrogen-bond acceptors (Lipinski definition) is 6. The van der Waals surface area contributed by atoms with E-state index >= 15 is 0 Å². The Bertz CT molecular complexity index is 865. The Kier molecular flexibility index (Phi) is 4.21. The molecule has 0 bridgehead atoms. The third-order valence-electron chi connectivity index (χ3n) is 4.56. The van der Waals surface area contributed by atoms with Gasteiger partial charge in [-0.25, -0.2) is 15.0 Å². The van der Waals surface area contributed by atoms with Crippen LogP contribution in [-0.2, 0) is 0 Å². The molecule has 1 aliphatic heterocycles. The molecule has 0 atom stereocenters. The molecular formula is C18H23N7. The van der Waals surface area contributed by atoms with Gasteiger partial charge in [-0.05, 0) is 39.2 Å². The third kappa shape index (κ3) is 3.26. The molecule has 1 aliphatic rings. The molecule has 0 aliphatic carbocycles. The van der Waals surface area contributed by atoms with Crippen LogP contribution in [0.2, 0.25) is 0 Å². The second-order valence-corrected chi connectivity index (χ2v) is 6.72. The van der Waals surface area contributed by atoms with Crippen molar-refractivity contribution in [1.29, 1.82) is 0 Å². The van der Waals surface area contributed by atoms with Gasteiger partial charge >= 0.3 is 0 Å². The molecule has 0 unspecified atom stereocenters. The predicted molar refractivity (Wildman–Crippen MR) is 99.3 cm³/mol. The van der Waals surface area contributed by atoms with Crippen molar-refractivity contribution in [3.63, 3.8) is 0 Å². The maximum Gasteiger partial charge on any atom is 0.227 e. The van der Waals surface area contributed by atoms with Crippen molar-refractivity contribution in [2.75, 3.05) is 23.3 Å². The van der Waals surface area contributed by atoms with Gasteiger partial charge < -0.3 is 14.8 Å². The maximum atomic E-state index is 4.66. The molecule has 3 aromatic rings. The van der Waals surface area contributed by atoms with Crippen LogP contribution in [-0.4, -0.2) is 37.6 Å². The minimum atomic E-state index is 0.352. The van der Waals surface area contributed by atoms with Crippen molar-refractivity contribution in [2.45, 2.75) is 39.2 Å². The molecule has 0 spiro atoms. The zero-order valence-corrected chi connectivity index (χ0v) is 14.7. The summed E-state index contributed by atoms with van der Waals surface area (Å²) in [5, 5.41) is 3.30. The van der Waals surface area contributed by atoms with Crippen LogP contribution in [0, 0.1) is 0 Å². The zero-order chi connectivity index (χ0) is 17.2. The Morgan fingerprint density at radius 2 is 1.88 bits per heavy atom. The molecule has 4 rings (SSSR count). The van der Waals surface area contributed by atoms with Gasteiger partial charge in [0, 0.05) is 31.4 Å². The van der Waals surface area contributed by atoms with Crippen molar-refractivity contribution < 1.29 is 0 Å². The van der Waals surface area contributed by atoms with E-state index in [9.17, 15) is 0 Å². The molecule has 1 saturated heterocycles. The fourth-order valence-corrected chi connectivity index (χ4v) is 3.21. The van der Waals surface area contributed by atoms with Crippen LogP contribution in [0.3, 0.4) is 0 Å². The third-order valence-corrected chi connectivity index (χ3v) is 4.56. The molecular weight excluding hydrogens is 314 g/mol. The predicted octanol–water partition coefficient (Wildman–Crippen LogP) is 3.54. The van der Waals surface area contributed by atoms with Gasteiger partial charge in [-0.2, -0.15) is 4.98 Å². The fourth-order valence-electron chi connectivity index (χ4n) is 3.21. The lowest BCUT2D eigenvalue weighted by Gasteiger charge is -2.26. The normalized spacial score (nSPS) is 15.1. The highest BCUT2D eigenvalue weighted by Crippen LogP contribution is 2.22. The van der Waals surface area contributed by atoms with Crippen LogP contribution in [0.5, 0.6) is 0 Å². The summed E-state index contributed by atoms with van der Waals surface area (Å²) in [7, 11) is 0. The van der Waals surface area contributed by atoms with Crippen LogP contribution < -0.4 is 10.2 Å². The van der Waals surface area contributed by atoms with Crippen molar-refractivity contribution in [1.82, 2.24) is 24.5 Å². The van der Waals surface area contributed by atoms with Crippen LogP contribution in [0.15, 0.2) is 30.9 Å². The molecule has 3 aromatic heterocycles. The van der Waals surface area contributed by atoms with Crippen LogP contribution >= 0.6 is 0 Å². The minimum absolute atomic E-state index is 0.352. The smallest absolute Gasteiger partial charge is 0.227 e. The van der Waals surface area contributed by atoms with Crippen molar-refractivity contribution in [3.8, 4) is 0 Å². The summed E-state index contributed by atoms with van der Waals surface area (Å²) in [6, 6.07) is 4.24. The molecule has 0 saturated carbocycles. The summed E-state index contributed by atoms with van der Waals surface area (Å²) < 4.78 is 2.14. The standard InChI is InChI=1S/C18H23N7/c1-13(2)25-12-21-14-11-20-17(10-15(14)25)22-16-6-7-19-18(23-16)24-8-4-3-5-9-24/h6-7,10-13H,3-5,8-9H2,1-2H3,(H,19,20,22,23). The SMILES string of the molecule is CC(C)n1cnc2cnc(Nc3ccnc(N4CCCCC4)n3)cc21. The number of hydrogen-bond donors (Lipinski definition) is 1. The quantitative estimate of drug-likeness (QED) is 0.785. The van der Waals surface area contributed by atoms with Crippen molar-refractivity contribution in [3.05, 3.63) is 30.9 Å². The Morgan fingerprint density at radius 1 is 1.04 bits per heavy atom. The molecule has 7 heteroatoms. The van der Waals surface area contributed by atoms with Gasteiger partial charge in [-0.1, -0.05) is 0 Å². The molecule has 1 fully saturated rings. The summed E-state index contributed by atoms with van der Waals surface area (Å²) in [6.45, 7) is 6.34. The average molecular weight is 337 g/mol. The number of anilines is 3. The molecule has 0 radical (unpaired) electrons. The molecule has 7 nitrogen and oxygen atoms in total. The van der Waals surface area contributed by atoms with E-state index in [0.717, 1.165) is 41.7 Å². The zero-order valence-electron chi connectivity index (χ0n) is 14.7. The van der Waals surface area contributed by atoms with E-state index in [1.54, 1.807) is 12.4 Å². The Labute approximate surface area is 147 Å². The van der Waals surface area contributed by atoms with E-state index in [2.05, 4.69) is 48.6 Å². The lowest BCUT2D eigenvalue weighted by Crippen LogP contribution is -2.31. The summed E-state index contributed by atoms with van der Waals surface area (Å²) >= 11 is 0. The topological polar surface area (TPSA) is 71.8 Å². The Balaban J connectivity index is 1.59. The second kappa shape index (κ2) is 6.66. The van der Waals surface area contributed by atoms with E-state index in [-0.39, 0.29) is 0 Å². The monoisotopic (exact) mass is 337 g/mol. The minimum Gasteiger partial charge on any atom is -0.341 e. The number of pyridine rings is 1. The van der Waals surface area contributed by atoms with Crippen molar-refractivity contribution in [2.24, 2.45) is 0 Å². The van der Waals surface area contributed by atoms with Crippen LogP contribution in [0.1, 0.15) is 39.2 Å². The average Bonchev–Trinajstić information content (AvgIpc) is 3.06. The van der Waals surface area contributed by atoms with Gasteiger partial charge in [0.1, 0.15) is 17.2 Å². The van der Waals surface area contributed by atoms with Crippen molar-refractivity contribution >= 4 is 28.6 Å².